The highest BCUT2D eigenvalue weighted by molar-refractivity contribution is 7.89. The number of hydrogen-bond donors (Lipinski definition) is 2. The van der Waals surface area contributed by atoms with E-state index in [1.807, 2.05) is 13.8 Å². The molecule has 0 aromatic heterocycles. The third-order valence-electron chi connectivity index (χ3n) is 2.84. The largest absolute Gasteiger partial charge is 0.478 e. The minimum absolute atomic E-state index is 0.0295. The van der Waals surface area contributed by atoms with Gasteiger partial charge in [-0.15, -0.1) is 0 Å². The number of nitrogens with two attached hydrogens (primary N) is 1. The molecule has 0 aliphatic heterocycles. The Morgan fingerprint density at radius 2 is 1.80 bits per heavy atom. The van der Waals surface area contributed by atoms with Crippen molar-refractivity contribution in [2.75, 3.05) is 18.8 Å². The molecule has 0 saturated heterocycles. The molecule has 6 nitrogen and oxygen atoms in total. The van der Waals surface area contributed by atoms with Gasteiger partial charge in [0.2, 0.25) is 10.0 Å². The fourth-order valence-electron chi connectivity index (χ4n) is 1.90. The molecule has 0 aliphatic carbocycles. The second-order valence-corrected chi connectivity index (χ2v) is 6.40. The van der Waals surface area contributed by atoms with Gasteiger partial charge in [-0.05, 0) is 31.0 Å². The van der Waals surface area contributed by atoms with E-state index < -0.39 is 16.0 Å². The Morgan fingerprint density at radius 3 is 2.20 bits per heavy atom. The van der Waals surface area contributed by atoms with Crippen LogP contribution in [0.3, 0.4) is 0 Å². The first-order chi connectivity index (χ1) is 9.34. The van der Waals surface area contributed by atoms with Crippen molar-refractivity contribution in [3.8, 4) is 0 Å². The number of rotatable bonds is 7. The number of benzene rings is 1. The van der Waals surface area contributed by atoms with Gasteiger partial charge in [0, 0.05) is 18.8 Å². The van der Waals surface area contributed by atoms with Gasteiger partial charge in [-0.25, -0.2) is 13.2 Å². The first kappa shape index (κ1) is 16.5. The SMILES string of the molecule is CCCN(CCC)S(=O)(=O)c1ccc(C(=O)O)c(N)c1. The van der Waals surface area contributed by atoms with Crippen LogP contribution in [0.25, 0.3) is 0 Å². The van der Waals surface area contributed by atoms with E-state index >= 15 is 0 Å². The number of aromatic carboxylic acids is 1. The number of hydrogen-bond acceptors (Lipinski definition) is 4. The van der Waals surface area contributed by atoms with Gasteiger partial charge < -0.3 is 10.8 Å². The van der Waals surface area contributed by atoms with E-state index in [4.69, 9.17) is 10.8 Å². The fraction of sp³-hybridized carbons (Fsp3) is 0.462. The number of carboxylic acid groups (broad SMARTS) is 1. The van der Waals surface area contributed by atoms with Gasteiger partial charge in [-0.2, -0.15) is 4.31 Å². The van der Waals surface area contributed by atoms with E-state index in [9.17, 15) is 13.2 Å². The molecule has 1 rings (SSSR count). The van der Waals surface area contributed by atoms with Crippen molar-refractivity contribution < 1.29 is 18.3 Å². The zero-order chi connectivity index (χ0) is 15.3. The van der Waals surface area contributed by atoms with Crippen molar-refractivity contribution in [1.82, 2.24) is 4.31 Å². The number of sulfonamides is 1. The highest BCUT2D eigenvalue weighted by Gasteiger charge is 2.24. The Morgan fingerprint density at radius 1 is 1.25 bits per heavy atom. The average Bonchev–Trinajstić information content (AvgIpc) is 2.37. The van der Waals surface area contributed by atoms with E-state index in [0.29, 0.717) is 25.9 Å². The van der Waals surface area contributed by atoms with E-state index in [1.165, 1.54) is 22.5 Å². The van der Waals surface area contributed by atoms with Crippen molar-refractivity contribution in [3.63, 3.8) is 0 Å². The lowest BCUT2D eigenvalue weighted by Crippen LogP contribution is -2.32. The predicted molar refractivity (Wildman–Crippen MR) is 77.2 cm³/mol. The molecule has 0 radical (unpaired) electrons. The van der Waals surface area contributed by atoms with Crippen LogP contribution in [-0.2, 0) is 10.0 Å². The van der Waals surface area contributed by atoms with Crippen molar-refractivity contribution in [2.45, 2.75) is 31.6 Å². The standard InChI is InChI=1S/C13H20N2O4S/c1-3-7-15(8-4-2)20(18,19)10-5-6-11(13(16)17)12(14)9-10/h5-6,9H,3-4,7-8,14H2,1-2H3,(H,16,17). The molecule has 1 aromatic rings. The fourth-order valence-corrected chi connectivity index (χ4v) is 3.56. The first-order valence-electron chi connectivity index (χ1n) is 6.47. The summed E-state index contributed by atoms with van der Waals surface area (Å²) in [7, 11) is -3.63. The van der Waals surface area contributed by atoms with Crippen LogP contribution < -0.4 is 5.73 Å². The quantitative estimate of drug-likeness (QED) is 0.747. The molecule has 0 heterocycles. The number of anilines is 1. The van der Waals surface area contributed by atoms with Gasteiger partial charge in [0.15, 0.2) is 0 Å². The van der Waals surface area contributed by atoms with Gasteiger partial charge in [-0.3, -0.25) is 0 Å². The average molecular weight is 300 g/mol. The molecule has 0 atom stereocenters. The van der Waals surface area contributed by atoms with Gasteiger partial charge in [0.05, 0.1) is 10.5 Å². The minimum atomic E-state index is -3.63. The summed E-state index contributed by atoms with van der Waals surface area (Å²) in [6.45, 7) is 4.66. The van der Waals surface area contributed by atoms with Crippen LogP contribution in [0.5, 0.6) is 0 Å². The van der Waals surface area contributed by atoms with E-state index in [1.54, 1.807) is 0 Å². The molecule has 0 fully saturated rings. The molecule has 0 spiro atoms. The topological polar surface area (TPSA) is 101 Å². The summed E-state index contributed by atoms with van der Waals surface area (Å²) in [5.74, 6) is -1.18. The summed E-state index contributed by atoms with van der Waals surface area (Å²) in [4.78, 5) is 10.9. The van der Waals surface area contributed by atoms with Crippen LogP contribution in [0.2, 0.25) is 0 Å². The first-order valence-corrected chi connectivity index (χ1v) is 7.91. The third-order valence-corrected chi connectivity index (χ3v) is 4.73. The van der Waals surface area contributed by atoms with Gasteiger partial charge in [0.1, 0.15) is 0 Å². The molecule has 3 N–H and O–H groups in total. The monoisotopic (exact) mass is 300 g/mol. The van der Waals surface area contributed by atoms with Crippen LogP contribution >= 0.6 is 0 Å². The van der Waals surface area contributed by atoms with Crippen molar-refractivity contribution >= 4 is 21.7 Å². The highest BCUT2D eigenvalue weighted by atomic mass is 32.2. The van der Waals surface area contributed by atoms with Crippen LogP contribution in [0.4, 0.5) is 5.69 Å². The third kappa shape index (κ3) is 3.49. The lowest BCUT2D eigenvalue weighted by molar-refractivity contribution is 0.0698. The maximum absolute atomic E-state index is 12.5. The summed E-state index contributed by atoms with van der Waals surface area (Å²) < 4.78 is 26.3. The van der Waals surface area contributed by atoms with E-state index in [0.717, 1.165) is 0 Å². The van der Waals surface area contributed by atoms with Gasteiger partial charge in [-0.1, -0.05) is 13.8 Å². The molecule has 112 valence electrons. The van der Waals surface area contributed by atoms with E-state index in [2.05, 4.69) is 0 Å². The van der Waals surface area contributed by atoms with Crippen molar-refractivity contribution in [1.29, 1.82) is 0 Å². The number of nitrogens with zero attached hydrogens (tertiary/aromatic N) is 1. The molecule has 7 heteroatoms. The number of carbonyl (C=O) groups is 1. The maximum atomic E-state index is 12.5. The summed E-state index contributed by atoms with van der Waals surface area (Å²) in [5, 5.41) is 8.90. The van der Waals surface area contributed by atoms with Crippen LogP contribution in [0, 0.1) is 0 Å². The Labute approximate surface area is 119 Å². The van der Waals surface area contributed by atoms with E-state index in [-0.39, 0.29) is 16.1 Å². The van der Waals surface area contributed by atoms with Gasteiger partial charge >= 0.3 is 5.97 Å². The smallest absolute Gasteiger partial charge is 0.337 e. The predicted octanol–water partition coefficient (Wildman–Crippen LogP) is 1.78. The molecule has 0 aliphatic rings. The summed E-state index contributed by atoms with van der Waals surface area (Å²) >= 11 is 0. The van der Waals surface area contributed by atoms with Crippen LogP contribution in [0.1, 0.15) is 37.0 Å². The minimum Gasteiger partial charge on any atom is -0.478 e. The van der Waals surface area contributed by atoms with Gasteiger partial charge in [0.25, 0.3) is 0 Å². The molecule has 0 bridgehead atoms. The Hall–Kier alpha value is -1.60. The lowest BCUT2D eigenvalue weighted by atomic mass is 10.2. The molecule has 20 heavy (non-hydrogen) atoms. The molecular formula is C13H20N2O4S. The second-order valence-electron chi connectivity index (χ2n) is 4.46. The van der Waals surface area contributed by atoms with Crippen molar-refractivity contribution in [2.24, 2.45) is 0 Å². The lowest BCUT2D eigenvalue weighted by Gasteiger charge is -2.21. The second kappa shape index (κ2) is 6.71. The molecule has 0 amide bonds. The summed E-state index contributed by atoms with van der Waals surface area (Å²) in [6, 6.07) is 3.71. The summed E-state index contributed by atoms with van der Waals surface area (Å²) in [6.07, 6.45) is 1.42. The zero-order valence-electron chi connectivity index (χ0n) is 11.7. The molecule has 1 aromatic carbocycles. The zero-order valence-corrected chi connectivity index (χ0v) is 12.5. The molecular weight excluding hydrogens is 280 g/mol. The molecule has 0 unspecified atom stereocenters. The number of carboxylic acids is 1. The normalized spacial score (nSPS) is 11.8. The molecule has 0 saturated carbocycles. The highest BCUT2D eigenvalue weighted by Crippen LogP contribution is 2.22. The summed E-state index contributed by atoms with van der Waals surface area (Å²) in [5.41, 5.74) is 5.46. The van der Waals surface area contributed by atoms with Crippen molar-refractivity contribution in [3.05, 3.63) is 23.8 Å². The number of nitrogen functional groups attached to an aromatic ring is 1. The van der Waals surface area contributed by atoms with Crippen LogP contribution in [0.15, 0.2) is 23.1 Å². The Bertz CT molecular complexity index is 578. The van der Waals surface area contributed by atoms with Crippen LogP contribution in [-0.4, -0.2) is 36.9 Å². The maximum Gasteiger partial charge on any atom is 0.337 e. The Kier molecular flexibility index (Phi) is 5.52. The Balaban J connectivity index is 3.20.